The van der Waals surface area contributed by atoms with Crippen LogP contribution >= 0.6 is 0 Å². The van der Waals surface area contributed by atoms with Gasteiger partial charge in [0.25, 0.3) is 0 Å². The zero-order valence-electron chi connectivity index (χ0n) is 10.4. The lowest BCUT2D eigenvalue weighted by atomic mass is 10.0. The normalized spacial score (nSPS) is 16.0. The van der Waals surface area contributed by atoms with Crippen molar-refractivity contribution in [3.8, 4) is 0 Å². The second-order valence-electron chi connectivity index (χ2n) is 4.83. The number of likely N-dealkylation sites (N-methyl/N-ethyl adjacent to an activating group) is 1. The van der Waals surface area contributed by atoms with Crippen molar-refractivity contribution >= 4 is 0 Å². The Labute approximate surface area is 93.3 Å². The molecular formula is C11H26N2O2. The third-order valence-electron chi connectivity index (χ3n) is 2.19. The lowest BCUT2D eigenvalue weighted by Crippen LogP contribution is -2.41. The third kappa shape index (κ3) is 8.81. The van der Waals surface area contributed by atoms with Gasteiger partial charge in [-0.05, 0) is 26.4 Å². The molecule has 0 saturated carbocycles. The number of nitrogens with zero attached hydrogens (tertiary/aromatic N) is 1. The van der Waals surface area contributed by atoms with Gasteiger partial charge >= 0.3 is 0 Å². The maximum Gasteiger partial charge on any atom is 0.0791 e. The summed E-state index contributed by atoms with van der Waals surface area (Å²) in [7, 11) is 3.86. The van der Waals surface area contributed by atoms with E-state index in [9.17, 15) is 5.11 Å². The van der Waals surface area contributed by atoms with E-state index in [1.165, 1.54) is 0 Å². The van der Waals surface area contributed by atoms with Crippen LogP contribution in [0.4, 0.5) is 0 Å². The molecule has 0 spiro atoms. The predicted octanol–water partition coefficient (Wildman–Crippen LogP) is -0.0945. The number of nitrogens with one attached hydrogen (secondary N) is 1. The Balaban J connectivity index is 3.69. The van der Waals surface area contributed by atoms with Crippen LogP contribution in [-0.2, 0) is 0 Å². The molecule has 0 bridgehead atoms. The van der Waals surface area contributed by atoms with E-state index < -0.39 is 0 Å². The van der Waals surface area contributed by atoms with E-state index in [0.29, 0.717) is 19.0 Å². The number of aliphatic hydroxyl groups is 2. The van der Waals surface area contributed by atoms with Crippen LogP contribution < -0.4 is 5.32 Å². The van der Waals surface area contributed by atoms with Gasteiger partial charge in [-0.2, -0.15) is 0 Å². The van der Waals surface area contributed by atoms with E-state index in [1.54, 1.807) is 0 Å². The Bertz CT molecular complexity index is 152. The Morgan fingerprint density at radius 1 is 1.27 bits per heavy atom. The second kappa shape index (κ2) is 8.05. The summed E-state index contributed by atoms with van der Waals surface area (Å²) in [5.41, 5.74) is 0. The lowest BCUT2D eigenvalue weighted by molar-refractivity contribution is 0.123. The maximum atomic E-state index is 9.61. The van der Waals surface area contributed by atoms with Crippen molar-refractivity contribution in [1.29, 1.82) is 0 Å². The number of aliphatic hydroxyl groups excluding tert-OH is 2. The highest BCUT2D eigenvalue weighted by molar-refractivity contribution is 4.71. The smallest absolute Gasteiger partial charge is 0.0791 e. The Hall–Kier alpha value is -0.160. The first-order valence-electron chi connectivity index (χ1n) is 5.62. The first-order chi connectivity index (χ1) is 6.95. The van der Waals surface area contributed by atoms with Crippen LogP contribution in [0.25, 0.3) is 0 Å². The molecule has 0 heterocycles. The third-order valence-corrected chi connectivity index (χ3v) is 2.19. The van der Waals surface area contributed by atoms with Gasteiger partial charge in [-0.1, -0.05) is 13.8 Å². The SMILES string of the molecule is CC(C)CC(CO)NCC(O)CN(C)C. The highest BCUT2D eigenvalue weighted by atomic mass is 16.3. The minimum atomic E-state index is -0.374. The van der Waals surface area contributed by atoms with Gasteiger partial charge in [0.1, 0.15) is 0 Å². The maximum absolute atomic E-state index is 9.61. The molecule has 0 amide bonds. The number of rotatable bonds is 8. The molecule has 3 N–H and O–H groups in total. The molecule has 0 aromatic rings. The summed E-state index contributed by atoms with van der Waals surface area (Å²) in [6, 6.07) is 0.0989. The van der Waals surface area contributed by atoms with Gasteiger partial charge in [-0.3, -0.25) is 0 Å². The van der Waals surface area contributed by atoms with Crippen molar-refractivity contribution in [2.75, 3.05) is 33.8 Å². The highest BCUT2D eigenvalue weighted by Crippen LogP contribution is 2.03. The number of hydrogen-bond acceptors (Lipinski definition) is 4. The zero-order valence-corrected chi connectivity index (χ0v) is 10.4. The minimum absolute atomic E-state index is 0.0989. The van der Waals surface area contributed by atoms with E-state index in [1.807, 2.05) is 19.0 Å². The molecule has 2 unspecified atom stereocenters. The fraction of sp³-hybridized carbons (Fsp3) is 1.00. The molecule has 0 aromatic carbocycles. The predicted molar refractivity (Wildman–Crippen MR) is 62.9 cm³/mol. The van der Waals surface area contributed by atoms with Crippen LogP contribution in [0.1, 0.15) is 20.3 Å². The summed E-state index contributed by atoms with van der Waals surface area (Å²) >= 11 is 0. The average molecular weight is 218 g/mol. The van der Waals surface area contributed by atoms with Crippen LogP contribution in [-0.4, -0.2) is 61.1 Å². The van der Waals surface area contributed by atoms with Crippen molar-refractivity contribution in [3.05, 3.63) is 0 Å². The van der Waals surface area contributed by atoms with Crippen LogP contribution in [0.5, 0.6) is 0 Å². The van der Waals surface area contributed by atoms with Gasteiger partial charge in [0.2, 0.25) is 0 Å². The summed E-state index contributed by atoms with van der Waals surface area (Å²) in [6.07, 6.45) is 0.562. The van der Waals surface area contributed by atoms with E-state index in [4.69, 9.17) is 5.11 Å². The van der Waals surface area contributed by atoms with Crippen molar-refractivity contribution < 1.29 is 10.2 Å². The molecular weight excluding hydrogens is 192 g/mol. The quantitative estimate of drug-likeness (QED) is 0.533. The van der Waals surface area contributed by atoms with E-state index in [2.05, 4.69) is 19.2 Å². The van der Waals surface area contributed by atoms with Crippen molar-refractivity contribution in [3.63, 3.8) is 0 Å². The van der Waals surface area contributed by atoms with Crippen LogP contribution in [0.3, 0.4) is 0 Å². The Morgan fingerprint density at radius 2 is 1.87 bits per heavy atom. The molecule has 4 nitrogen and oxygen atoms in total. The van der Waals surface area contributed by atoms with Crippen molar-refractivity contribution in [2.45, 2.75) is 32.4 Å². The second-order valence-corrected chi connectivity index (χ2v) is 4.83. The average Bonchev–Trinajstić information content (AvgIpc) is 2.10. The van der Waals surface area contributed by atoms with Gasteiger partial charge in [0.05, 0.1) is 12.7 Å². The molecule has 92 valence electrons. The molecule has 15 heavy (non-hydrogen) atoms. The molecule has 4 heteroatoms. The van der Waals surface area contributed by atoms with Crippen molar-refractivity contribution in [2.24, 2.45) is 5.92 Å². The lowest BCUT2D eigenvalue weighted by Gasteiger charge is -2.22. The summed E-state index contributed by atoms with van der Waals surface area (Å²) in [5, 5.41) is 21.9. The molecule has 0 aliphatic heterocycles. The zero-order chi connectivity index (χ0) is 11.8. The molecule has 0 saturated heterocycles. The first kappa shape index (κ1) is 14.8. The Kier molecular flexibility index (Phi) is 7.96. The fourth-order valence-corrected chi connectivity index (χ4v) is 1.58. The summed E-state index contributed by atoms with van der Waals surface area (Å²) in [4.78, 5) is 1.95. The van der Waals surface area contributed by atoms with Gasteiger partial charge in [-0.25, -0.2) is 0 Å². The fourth-order valence-electron chi connectivity index (χ4n) is 1.58. The van der Waals surface area contributed by atoms with E-state index >= 15 is 0 Å². The molecule has 0 aromatic heterocycles. The molecule has 0 radical (unpaired) electrons. The topological polar surface area (TPSA) is 55.7 Å². The summed E-state index contributed by atoms with van der Waals surface area (Å²) < 4.78 is 0. The van der Waals surface area contributed by atoms with Gasteiger partial charge in [0, 0.05) is 19.1 Å². The molecule has 2 atom stereocenters. The van der Waals surface area contributed by atoms with Gasteiger partial charge in [0.15, 0.2) is 0 Å². The monoisotopic (exact) mass is 218 g/mol. The van der Waals surface area contributed by atoms with Gasteiger partial charge in [-0.15, -0.1) is 0 Å². The van der Waals surface area contributed by atoms with Crippen LogP contribution in [0, 0.1) is 5.92 Å². The number of hydrogen-bond donors (Lipinski definition) is 3. The Morgan fingerprint density at radius 3 is 2.27 bits per heavy atom. The molecule has 0 fully saturated rings. The largest absolute Gasteiger partial charge is 0.395 e. The van der Waals surface area contributed by atoms with Crippen LogP contribution in [0.15, 0.2) is 0 Å². The first-order valence-corrected chi connectivity index (χ1v) is 5.62. The van der Waals surface area contributed by atoms with E-state index in [0.717, 1.165) is 6.42 Å². The molecule has 0 aliphatic rings. The highest BCUT2D eigenvalue weighted by Gasteiger charge is 2.11. The summed E-state index contributed by atoms with van der Waals surface area (Å²) in [5.74, 6) is 0.556. The van der Waals surface area contributed by atoms with Crippen molar-refractivity contribution in [1.82, 2.24) is 10.2 Å². The standard InChI is InChI=1S/C11H26N2O2/c1-9(2)5-10(8-14)12-6-11(15)7-13(3)4/h9-12,14-15H,5-8H2,1-4H3. The molecule has 0 aliphatic carbocycles. The minimum Gasteiger partial charge on any atom is -0.395 e. The summed E-state index contributed by atoms with van der Waals surface area (Å²) in [6.45, 7) is 5.57. The van der Waals surface area contributed by atoms with E-state index in [-0.39, 0.29) is 18.8 Å². The molecule has 0 rings (SSSR count). The van der Waals surface area contributed by atoms with Crippen LogP contribution in [0.2, 0.25) is 0 Å². The van der Waals surface area contributed by atoms with Gasteiger partial charge < -0.3 is 20.4 Å².